The minimum Gasteiger partial charge on any atom is -0.496 e. The van der Waals surface area contributed by atoms with Gasteiger partial charge < -0.3 is 4.90 Å². The first-order chi connectivity index (χ1) is 3.72. The van der Waals surface area contributed by atoms with E-state index < -0.39 is 0 Å². The first-order valence-electron chi connectivity index (χ1n) is 2.83. The largest absolute Gasteiger partial charge is 0.496 e. The molecule has 0 spiro atoms. The summed E-state index contributed by atoms with van der Waals surface area (Å²) in [5.74, 6) is 0.104. The molecule has 9 heavy (non-hydrogen) atoms. The molecule has 0 saturated carbocycles. The van der Waals surface area contributed by atoms with E-state index in [1.165, 1.54) is 4.90 Å². The van der Waals surface area contributed by atoms with Gasteiger partial charge in [0.05, 0.1) is 0 Å². The Hall–Kier alpha value is 0.574. The Bertz CT molecular complexity index is 85.1. The van der Waals surface area contributed by atoms with Gasteiger partial charge in [0.1, 0.15) is 0 Å². The maximum atomic E-state index is 10.6. The van der Waals surface area contributed by atoms with E-state index in [2.05, 4.69) is 7.05 Å². The average Bonchev–Trinajstić information content (AvgIpc) is 1.84. The van der Waals surface area contributed by atoms with Gasteiger partial charge in [0.15, 0.2) is 5.91 Å². The molecular weight excluding hydrogens is 191 g/mol. The van der Waals surface area contributed by atoms with Gasteiger partial charge in [0.2, 0.25) is 0 Å². The standard InChI is InChI=1S/C6H12NO.Y/c1-4-6(8)7(3)5-2;/h3-5H2,1-2H3;/q-1;. The molecule has 0 atom stereocenters. The molecule has 0 fully saturated rings. The van der Waals surface area contributed by atoms with E-state index in [9.17, 15) is 4.79 Å². The minimum absolute atomic E-state index is 0. The Morgan fingerprint density at radius 3 is 2.11 bits per heavy atom. The van der Waals surface area contributed by atoms with Gasteiger partial charge in [-0.25, -0.2) is 0 Å². The van der Waals surface area contributed by atoms with Crippen LogP contribution in [0.25, 0.3) is 0 Å². The number of hydrogen-bond donors (Lipinski definition) is 0. The average molecular weight is 203 g/mol. The summed E-state index contributed by atoms with van der Waals surface area (Å²) in [6, 6.07) is 0. The van der Waals surface area contributed by atoms with Crippen molar-refractivity contribution in [3.8, 4) is 0 Å². The molecule has 0 bridgehead atoms. The molecule has 0 heterocycles. The van der Waals surface area contributed by atoms with Crippen molar-refractivity contribution in [1.29, 1.82) is 0 Å². The number of amides is 1. The maximum absolute atomic E-state index is 10.6. The summed E-state index contributed by atoms with van der Waals surface area (Å²) in [5.41, 5.74) is 0. The molecule has 0 rings (SSSR count). The van der Waals surface area contributed by atoms with Crippen LogP contribution in [0.15, 0.2) is 0 Å². The molecule has 1 amide bonds. The molecular formula is C6H12NOY-. The molecule has 0 saturated heterocycles. The van der Waals surface area contributed by atoms with E-state index in [4.69, 9.17) is 0 Å². The number of nitrogens with zero attached hydrogens (tertiary/aromatic N) is 1. The Kier molecular flexibility index (Phi) is 9.12. The van der Waals surface area contributed by atoms with Crippen molar-refractivity contribution in [1.82, 2.24) is 4.90 Å². The van der Waals surface area contributed by atoms with Crippen LogP contribution in [-0.2, 0) is 37.5 Å². The van der Waals surface area contributed by atoms with E-state index in [1.54, 1.807) is 0 Å². The van der Waals surface area contributed by atoms with E-state index in [0.29, 0.717) is 13.0 Å². The van der Waals surface area contributed by atoms with Crippen LogP contribution in [-0.4, -0.2) is 17.4 Å². The maximum Gasteiger partial charge on any atom is 0.192 e. The van der Waals surface area contributed by atoms with Gasteiger partial charge in [0.25, 0.3) is 0 Å². The fourth-order valence-corrected chi connectivity index (χ4v) is 0.400. The number of rotatable bonds is 2. The summed E-state index contributed by atoms with van der Waals surface area (Å²) in [5, 5.41) is 0. The normalized spacial score (nSPS) is 7.89. The molecule has 0 N–H and O–H groups in total. The van der Waals surface area contributed by atoms with Crippen molar-refractivity contribution >= 4 is 5.91 Å². The van der Waals surface area contributed by atoms with Crippen molar-refractivity contribution in [3.05, 3.63) is 7.05 Å². The molecule has 0 aromatic heterocycles. The number of carbonyl (C=O) groups is 1. The van der Waals surface area contributed by atoms with Gasteiger partial charge in [-0.05, 0) is 13.5 Å². The Morgan fingerprint density at radius 1 is 1.56 bits per heavy atom. The van der Waals surface area contributed by atoms with Crippen molar-refractivity contribution in [2.75, 3.05) is 6.54 Å². The molecule has 0 aromatic rings. The quantitative estimate of drug-likeness (QED) is 0.614. The van der Waals surface area contributed by atoms with Gasteiger partial charge in [-0.15, -0.1) is 0 Å². The van der Waals surface area contributed by atoms with Gasteiger partial charge >= 0.3 is 0 Å². The second-order valence-electron chi connectivity index (χ2n) is 1.60. The summed E-state index contributed by atoms with van der Waals surface area (Å²) in [6.07, 6.45) is 0.553. The smallest absolute Gasteiger partial charge is 0.192 e. The minimum atomic E-state index is 0. The van der Waals surface area contributed by atoms with Gasteiger partial charge in [-0.2, -0.15) is 0 Å². The molecule has 0 aliphatic carbocycles. The van der Waals surface area contributed by atoms with E-state index in [1.807, 2.05) is 13.8 Å². The Labute approximate surface area is 81.9 Å². The predicted octanol–water partition coefficient (Wildman–Crippen LogP) is 1.03. The van der Waals surface area contributed by atoms with E-state index in [0.717, 1.165) is 0 Å². The SMILES string of the molecule is [CH2-]N(CC)C(=O)CC.[Y]. The summed E-state index contributed by atoms with van der Waals surface area (Å²) in [6.45, 7) is 4.43. The number of hydrogen-bond acceptors (Lipinski definition) is 1. The number of carbonyl (C=O) groups excluding carboxylic acids is 1. The zero-order valence-electron chi connectivity index (χ0n) is 6.05. The van der Waals surface area contributed by atoms with Crippen molar-refractivity contribution in [2.45, 2.75) is 20.3 Å². The predicted molar refractivity (Wildman–Crippen MR) is 33.0 cm³/mol. The van der Waals surface area contributed by atoms with Gasteiger partial charge in [-0.1, -0.05) is 6.92 Å². The van der Waals surface area contributed by atoms with Crippen LogP contribution >= 0.6 is 0 Å². The Morgan fingerprint density at radius 2 is 2.00 bits per heavy atom. The van der Waals surface area contributed by atoms with Gasteiger partial charge in [-0.3, -0.25) is 11.8 Å². The Balaban J connectivity index is 0. The van der Waals surface area contributed by atoms with Crippen molar-refractivity contribution < 1.29 is 37.5 Å². The third-order valence-electron chi connectivity index (χ3n) is 1.04. The fraction of sp³-hybridized carbons (Fsp3) is 0.667. The topological polar surface area (TPSA) is 20.3 Å². The van der Waals surface area contributed by atoms with E-state index in [-0.39, 0.29) is 38.6 Å². The molecule has 3 heteroatoms. The molecule has 1 radical (unpaired) electrons. The zero-order valence-corrected chi connectivity index (χ0v) is 8.89. The zero-order chi connectivity index (χ0) is 6.57. The van der Waals surface area contributed by atoms with Gasteiger partial charge in [0, 0.05) is 39.1 Å². The third-order valence-corrected chi connectivity index (χ3v) is 1.04. The second-order valence-corrected chi connectivity index (χ2v) is 1.60. The van der Waals surface area contributed by atoms with Crippen molar-refractivity contribution in [3.63, 3.8) is 0 Å². The first kappa shape index (κ1) is 12.3. The fourth-order valence-electron chi connectivity index (χ4n) is 0.400. The molecule has 0 aromatic carbocycles. The summed E-state index contributed by atoms with van der Waals surface area (Å²) in [4.78, 5) is 12.1. The monoisotopic (exact) mass is 203 g/mol. The summed E-state index contributed by atoms with van der Waals surface area (Å²) < 4.78 is 0. The van der Waals surface area contributed by atoms with Crippen LogP contribution in [0, 0.1) is 7.05 Å². The van der Waals surface area contributed by atoms with Crippen LogP contribution in [0.4, 0.5) is 0 Å². The summed E-state index contributed by atoms with van der Waals surface area (Å²) >= 11 is 0. The molecule has 51 valence electrons. The van der Waals surface area contributed by atoms with E-state index >= 15 is 0 Å². The first-order valence-corrected chi connectivity index (χ1v) is 2.83. The van der Waals surface area contributed by atoms with Crippen LogP contribution in [0.1, 0.15) is 20.3 Å². The van der Waals surface area contributed by atoms with Crippen LogP contribution < -0.4 is 0 Å². The molecule has 2 nitrogen and oxygen atoms in total. The summed E-state index contributed by atoms with van der Waals surface area (Å²) in [7, 11) is 3.51. The molecule has 0 aliphatic heterocycles. The second kappa shape index (κ2) is 6.69. The molecule has 0 aliphatic rings. The third kappa shape index (κ3) is 5.04. The van der Waals surface area contributed by atoms with Crippen LogP contribution in [0.2, 0.25) is 0 Å². The molecule has 0 unspecified atom stereocenters. The van der Waals surface area contributed by atoms with Crippen LogP contribution in [0.3, 0.4) is 0 Å². The van der Waals surface area contributed by atoms with Crippen LogP contribution in [0.5, 0.6) is 0 Å². The van der Waals surface area contributed by atoms with Crippen molar-refractivity contribution in [2.24, 2.45) is 0 Å².